The molecule has 0 unspecified atom stereocenters. The number of rotatable bonds is 4. The van der Waals surface area contributed by atoms with E-state index in [1.54, 1.807) is 0 Å². The van der Waals surface area contributed by atoms with Crippen LogP contribution in [0.4, 0.5) is 0 Å². The van der Waals surface area contributed by atoms with Crippen molar-refractivity contribution in [2.45, 2.75) is 0 Å². The molecule has 0 aliphatic rings. The molecule has 0 saturated heterocycles. The summed E-state index contributed by atoms with van der Waals surface area (Å²) in [6, 6.07) is 67.1. The standard InChI is InChI=1S/C54H32N2O/c1-3-18-46-42(15-1)43-16-2-4-19-47(43)53-52(46)55-32-50(56-53)34-14-7-13-33(31-34)35-20-8-22-37-36(35)21-9-23-38(37)39-24-10-26-41-40(39)25-11-27-44(41)48-28-12-29-49-45-17-5-6-30-51(45)57-54(48)49/h1-32H. The fourth-order valence-corrected chi connectivity index (χ4v) is 9.14. The second kappa shape index (κ2) is 12.5. The molecule has 0 fully saturated rings. The maximum atomic E-state index is 6.50. The Morgan fingerprint density at radius 2 is 0.772 bits per heavy atom. The van der Waals surface area contributed by atoms with E-state index in [1.807, 2.05) is 18.3 Å². The third kappa shape index (κ3) is 4.86. The first kappa shape index (κ1) is 31.7. The van der Waals surface area contributed by atoms with Gasteiger partial charge in [-0.3, -0.25) is 4.98 Å². The summed E-state index contributed by atoms with van der Waals surface area (Å²) in [7, 11) is 0. The Hall–Kier alpha value is -7.62. The van der Waals surface area contributed by atoms with E-state index < -0.39 is 0 Å². The number of furan rings is 1. The molecule has 264 valence electrons. The Bertz CT molecular complexity index is 3560. The smallest absolute Gasteiger partial charge is 0.143 e. The molecule has 2 heterocycles. The first-order valence-corrected chi connectivity index (χ1v) is 19.4. The molecule has 12 rings (SSSR count). The van der Waals surface area contributed by atoms with Gasteiger partial charge in [0.15, 0.2) is 0 Å². The molecule has 2 aromatic heterocycles. The molecule has 0 spiro atoms. The van der Waals surface area contributed by atoms with E-state index in [4.69, 9.17) is 14.4 Å². The zero-order valence-electron chi connectivity index (χ0n) is 30.8. The van der Waals surface area contributed by atoms with E-state index in [2.05, 4.69) is 176 Å². The van der Waals surface area contributed by atoms with Crippen LogP contribution in [-0.2, 0) is 0 Å². The van der Waals surface area contributed by atoms with Crippen molar-refractivity contribution in [3.8, 4) is 44.6 Å². The second-order valence-electron chi connectivity index (χ2n) is 14.8. The van der Waals surface area contributed by atoms with Crippen LogP contribution >= 0.6 is 0 Å². The molecule has 0 bridgehead atoms. The van der Waals surface area contributed by atoms with Crippen molar-refractivity contribution in [2.24, 2.45) is 0 Å². The van der Waals surface area contributed by atoms with Gasteiger partial charge >= 0.3 is 0 Å². The first-order valence-electron chi connectivity index (χ1n) is 19.4. The van der Waals surface area contributed by atoms with Gasteiger partial charge in [0.05, 0.1) is 22.9 Å². The van der Waals surface area contributed by atoms with E-state index in [1.165, 1.54) is 49.0 Å². The summed E-state index contributed by atoms with van der Waals surface area (Å²) in [6.45, 7) is 0. The van der Waals surface area contributed by atoms with Crippen LogP contribution in [0.5, 0.6) is 0 Å². The SMILES string of the molecule is c1cc(-c2cnc3c4ccccc4c4ccccc4c3n2)cc(-c2cccc3c(-c4cccc5c(-c6cccc7c6oc6ccccc67)cccc45)cccc23)c1. The van der Waals surface area contributed by atoms with Gasteiger partial charge in [-0.1, -0.05) is 176 Å². The normalized spacial score (nSPS) is 11.9. The van der Waals surface area contributed by atoms with Crippen LogP contribution in [0.1, 0.15) is 0 Å². The molecular weight excluding hydrogens is 693 g/mol. The molecule has 3 nitrogen and oxygen atoms in total. The lowest BCUT2D eigenvalue weighted by atomic mass is 9.89. The van der Waals surface area contributed by atoms with Gasteiger partial charge in [0, 0.05) is 32.7 Å². The van der Waals surface area contributed by atoms with Gasteiger partial charge in [0.25, 0.3) is 0 Å². The minimum atomic E-state index is 0.857. The predicted molar refractivity (Wildman–Crippen MR) is 239 cm³/mol. The van der Waals surface area contributed by atoms with Crippen molar-refractivity contribution in [3.63, 3.8) is 0 Å². The Labute approximate surface area is 328 Å². The van der Waals surface area contributed by atoms with Gasteiger partial charge in [0.1, 0.15) is 11.2 Å². The van der Waals surface area contributed by atoms with Crippen LogP contribution in [0.25, 0.3) is 121 Å². The molecule has 0 saturated carbocycles. The van der Waals surface area contributed by atoms with Crippen molar-refractivity contribution in [2.75, 3.05) is 0 Å². The Morgan fingerprint density at radius 3 is 1.44 bits per heavy atom. The highest BCUT2D eigenvalue weighted by Gasteiger charge is 2.17. The zero-order chi connectivity index (χ0) is 37.5. The number of fused-ring (bicyclic) bond motifs is 11. The number of hydrogen-bond donors (Lipinski definition) is 0. The molecule has 0 N–H and O–H groups in total. The van der Waals surface area contributed by atoms with Gasteiger partial charge in [-0.25, -0.2) is 4.98 Å². The quantitative estimate of drug-likeness (QED) is 0.170. The second-order valence-corrected chi connectivity index (χ2v) is 14.8. The molecule has 57 heavy (non-hydrogen) atoms. The number of hydrogen-bond acceptors (Lipinski definition) is 3. The van der Waals surface area contributed by atoms with E-state index >= 15 is 0 Å². The summed E-state index contributed by atoms with van der Waals surface area (Å²) in [4.78, 5) is 10.3. The van der Waals surface area contributed by atoms with Crippen LogP contribution in [0.15, 0.2) is 199 Å². The third-order valence-electron chi connectivity index (χ3n) is 11.7. The Kier molecular flexibility index (Phi) is 6.93. The number of para-hydroxylation sites is 2. The van der Waals surface area contributed by atoms with Gasteiger partial charge in [-0.05, 0) is 72.3 Å². The van der Waals surface area contributed by atoms with E-state index in [0.29, 0.717) is 0 Å². The average molecular weight is 725 g/mol. The number of aromatic nitrogens is 2. The molecule has 0 atom stereocenters. The van der Waals surface area contributed by atoms with E-state index in [-0.39, 0.29) is 0 Å². The van der Waals surface area contributed by atoms with Crippen molar-refractivity contribution in [3.05, 3.63) is 194 Å². The Balaban J connectivity index is 0.988. The minimum Gasteiger partial charge on any atom is -0.455 e. The van der Waals surface area contributed by atoms with Crippen LogP contribution in [0, 0.1) is 0 Å². The van der Waals surface area contributed by atoms with Crippen LogP contribution in [0.2, 0.25) is 0 Å². The lowest BCUT2D eigenvalue weighted by Gasteiger charge is -2.15. The predicted octanol–water partition coefficient (Wildman–Crippen LogP) is 14.8. The summed E-state index contributed by atoms with van der Waals surface area (Å²) in [6.07, 6.45) is 1.92. The van der Waals surface area contributed by atoms with Gasteiger partial charge in [0.2, 0.25) is 0 Å². The third-order valence-corrected chi connectivity index (χ3v) is 11.7. The molecule has 10 aromatic carbocycles. The first-order chi connectivity index (χ1) is 28.3. The topological polar surface area (TPSA) is 38.9 Å². The number of nitrogens with zero attached hydrogens (tertiary/aromatic N) is 2. The number of benzene rings is 10. The fraction of sp³-hybridized carbons (Fsp3) is 0. The summed E-state index contributed by atoms with van der Waals surface area (Å²) < 4.78 is 6.50. The molecule has 0 radical (unpaired) electrons. The molecule has 0 aliphatic carbocycles. The highest BCUT2D eigenvalue weighted by molar-refractivity contribution is 6.23. The van der Waals surface area contributed by atoms with Crippen LogP contribution in [0.3, 0.4) is 0 Å². The monoisotopic (exact) mass is 724 g/mol. The van der Waals surface area contributed by atoms with Crippen molar-refractivity contribution in [1.29, 1.82) is 0 Å². The molecule has 0 aliphatic heterocycles. The minimum absolute atomic E-state index is 0.857. The van der Waals surface area contributed by atoms with Crippen molar-refractivity contribution < 1.29 is 4.42 Å². The molecular formula is C54H32N2O. The van der Waals surface area contributed by atoms with Gasteiger partial charge < -0.3 is 4.42 Å². The maximum Gasteiger partial charge on any atom is 0.143 e. The Morgan fingerprint density at radius 1 is 0.316 bits per heavy atom. The van der Waals surface area contributed by atoms with Crippen molar-refractivity contribution in [1.82, 2.24) is 9.97 Å². The molecule has 12 aromatic rings. The van der Waals surface area contributed by atoms with Gasteiger partial charge in [-0.15, -0.1) is 0 Å². The van der Waals surface area contributed by atoms with E-state index in [0.717, 1.165) is 71.7 Å². The molecule has 3 heteroatoms. The molecule has 0 amide bonds. The van der Waals surface area contributed by atoms with Crippen LogP contribution < -0.4 is 0 Å². The summed E-state index contributed by atoms with van der Waals surface area (Å²) in [5.74, 6) is 0. The maximum absolute atomic E-state index is 6.50. The van der Waals surface area contributed by atoms with Gasteiger partial charge in [-0.2, -0.15) is 0 Å². The highest BCUT2D eigenvalue weighted by atomic mass is 16.3. The van der Waals surface area contributed by atoms with E-state index in [9.17, 15) is 0 Å². The van der Waals surface area contributed by atoms with Crippen molar-refractivity contribution >= 4 is 76.1 Å². The summed E-state index contributed by atoms with van der Waals surface area (Å²) >= 11 is 0. The summed E-state index contributed by atoms with van der Waals surface area (Å²) in [5, 5.41) is 11.7. The average Bonchev–Trinajstić information content (AvgIpc) is 3.67. The highest BCUT2D eigenvalue weighted by Crippen LogP contribution is 2.43. The summed E-state index contributed by atoms with van der Waals surface area (Å²) in [5.41, 5.74) is 12.6. The van der Waals surface area contributed by atoms with Crippen LogP contribution in [-0.4, -0.2) is 9.97 Å². The lowest BCUT2D eigenvalue weighted by molar-refractivity contribution is 0.670. The largest absolute Gasteiger partial charge is 0.455 e. The zero-order valence-corrected chi connectivity index (χ0v) is 30.8. The lowest BCUT2D eigenvalue weighted by Crippen LogP contribution is -1.92. The fourth-order valence-electron chi connectivity index (χ4n) is 9.14.